The Bertz CT molecular complexity index is 693. The molecule has 5 heteroatoms. The molecule has 0 aliphatic carbocycles. The van der Waals surface area contributed by atoms with Crippen molar-refractivity contribution in [3.8, 4) is 5.75 Å². The van der Waals surface area contributed by atoms with E-state index in [9.17, 15) is 13.0 Å². The van der Waals surface area contributed by atoms with E-state index in [1.165, 1.54) is 108 Å². The van der Waals surface area contributed by atoms with Gasteiger partial charge in [-0.15, -0.1) is 0 Å². The van der Waals surface area contributed by atoms with E-state index >= 15 is 0 Å². The summed E-state index contributed by atoms with van der Waals surface area (Å²) in [6.45, 7) is 7.69. The lowest BCUT2D eigenvalue weighted by Crippen LogP contribution is -2.33. The van der Waals surface area contributed by atoms with E-state index < -0.39 is 21.5 Å². The number of unbranched alkanes of at least 4 members (excludes halogenated alkanes) is 12. The summed E-state index contributed by atoms with van der Waals surface area (Å²) in [5.74, 6) is 0.719. The summed E-state index contributed by atoms with van der Waals surface area (Å²) in [5.41, 5.74) is 2.54. The molecule has 0 heterocycles. The number of aryl methyl sites for hydroxylation is 2. The Morgan fingerprint density at radius 2 is 1.09 bits per heavy atom. The summed E-state index contributed by atoms with van der Waals surface area (Å²) < 4.78 is 38.4. The van der Waals surface area contributed by atoms with Crippen LogP contribution < -0.4 is 4.74 Å². The average Bonchev–Trinajstić information content (AvgIpc) is 2.76. The molecular weight excluding hydrogens is 432 g/mol. The summed E-state index contributed by atoms with van der Waals surface area (Å²) >= 11 is 0. The lowest BCUT2D eigenvalue weighted by molar-refractivity contribution is 0.214. The zero-order valence-electron chi connectivity index (χ0n) is 21.8. The molecule has 2 unspecified atom stereocenters. The van der Waals surface area contributed by atoms with Crippen LogP contribution in [-0.2, 0) is 23.0 Å². The van der Waals surface area contributed by atoms with Gasteiger partial charge in [0.15, 0.2) is 0 Å². The Kier molecular flexibility index (Phi) is 15.8. The first-order valence-corrected chi connectivity index (χ1v) is 15.0. The topological polar surface area (TPSA) is 63.6 Å². The van der Waals surface area contributed by atoms with Crippen LogP contribution in [0.5, 0.6) is 5.75 Å². The quantitative estimate of drug-likeness (QED) is 0.150. The Hall–Kier alpha value is -1.07. The molecule has 1 aromatic rings. The third kappa shape index (κ3) is 14.0. The van der Waals surface area contributed by atoms with Crippen LogP contribution >= 0.6 is 0 Å². The first-order chi connectivity index (χ1) is 15.8. The SMILES string of the molecule is CCCCCCCCCc1cc(CCCCCCCCC)cc(OC(C)C(C)S(=O)(=O)O)c1. The summed E-state index contributed by atoms with van der Waals surface area (Å²) in [6.07, 6.45) is 19.4. The molecule has 0 amide bonds. The Morgan fingerprint density at radius 1 is 0.697 bits per heavy atom. The van der Waals surface area contributed by atoms with Crippen molar-refractivity contribution in [2.24, 2.45) is 0 Å². The van der Waals surface area contributed by atoms with E-state index in [0.29, 0.717) is 0 Å². The van der Waals surface area contributed by atoms with Gasteiger partial charge in [0.05, 0.1) is 0 Å². The second-order valence-corrected chi connectivity index (χ2v) is 11.5. The first-order valence-electron chi connectivity index (χ1n) is 13.5. The van der Waals surface area contributed by atoms with Crippen molar-refractivity contribution in [1.29, 1.82) is 0 Å². The van der Waals surface area contributed by atoms with Crippen LogP contribution in [0.1, 0.15) is 129 Å². The van der Waals surface area contributed by atoms with Gasteiger partial charge in [0, 0.05) is 0 Å². The third-order valence-corrected chi connectivity index (χ3v) is 7.94. The molecule has 0 fully saturated rings. The van der Waals surface area contributed by atoms with Crippen molar-refractivity contribution in [2.75, 3.05) is 0 Å². The predicted octanol–water partition coefficient (Wildman–Crippen LogP) is 8.32. The minimum absolute atomic E-state index is 0.611. The highest BCUT2D eigenvalue weighted by Gasteiger charge is 2.26. The fourth-order valence-electron chi connectivity index (χ4n) is 4.21. The Labute approximate surface area is 204 Å². The smallest absolute Gasteiger partial charge is 0.271 e. The maximum absolute atomic E-state index is 11.5. The highest BCUT2D eigenvalue weighted by atomic mass is 32.2. The predicted molar refractivity (Wildman–Crippen MR) is 141 cm³/mol. The van der Waals surface area contributed by atoms with E-state index in [4.69, 9.17) is 4.74 Å². The lowest BCUT2D eigenvalue weighted by atomic mass is 9.99. The van der Waals surface area contributed by atoms with E-state index in [-0.39, 0.29) is 0 Å². The molecule has 1 N–H and O–H groups in total. The van der Waals surface area contributed by atoms with Crippen molar-refractivity contribution in [3.63, 3.8) is 0 Å². The van der Waals surface area contributed by atoms with Gasteiger partial charge < -0.3 is 4.74 Å². The van der Waals surface area contributed by atoms with Crippen molar-refractivity contribution in [3.05, 3.63) is 29.3 Å². The Balaban J connectivity index is 2.68. The van der Waals surface area contributed by atoms with Gasteiger partial charge in [-0.1, -0.05) is 97.0 Å². The molecule has 1 aromatic carbocycles. The van der Waals surface area contributed by atoms with E-state index in [1.54, 1.807) is 6.92 Å². The molecule has 0 aliphatic rings. The largest absolute Gasteiger partial charge is 0.489 e. The van der Waals surface area contributed by atoms with Gasteiger partial charge in [-0.25, -0.2) is 0 Å². The van der Waals surface area contributed by atoms with Crippen LogP contribution in [-0.4, -0.2) is 24.3 Å². The van der Waals surface area contributed by atoms with Gasteiger partial charge in [-0.2, -0.15) is 8.42 Å². The molecule has 0 radical (unpaired) electrons. The third-order valence-electron chi connectivity index (χ3n) is 6.62. The van der Waals surface area contributed by atoms with Gasteiger partial charge in [-0.3, -0.25) is 4.55 Å². The summed E-state index contributed by atoms with van der Waals surface area (Å²) in [4.78, 5) is 0. The molecule has 0 bridgehead atoms. The molecule has 0 saturated carbocycles. The average molecular weight is 483 g/mol. The van der Waals surface area contributed by atoms with E-state index in [2.05, 4.69) is 32.0 Å². The zero-order chi connectivity index (χ0) is 24.5. The lowest BCUT2D eigenvalue weighted by Gasteiger charge is -2.20. The van der Waals surface area contributed by atoms with E-state index in [1.807, 2.05) is 0 Å². The minimum atomic E-state index is -4.12. The maximum atomic E-state index is 11.5. The highest BCUT2D eigenvalue weighted by molar-refractivity contribution is 7.86. The minimum Gasteiger partial charge on any atom is -0.489 e. The fraction of sp³-hybridized carbons (Fsp3) is 0.786. The van der Waals surface area contributed by atoms with Crippen molar-refractivity contribution in [1.82, 2.24) is 0 Å². The molecule has 1 rings (SSSR count). The Morgan fingerprint density at radius 3 is 1.48 bits per heavy atom. The molecule has 33 heavy (non-hydrogen) atoms. The molecule has 4 nitrogen and oxygen atoms in total. The number of rotatable bonds is 20. The van der Waals surface area contributed by atoms with Crippen LogP contribution in [0.15, 0.2) is 18.2 Å². The van der Waals surface area contributed by atoms with Crippen LogP contribution in [0.3, 0.4) is 0 Å². The highest BCUT2D eigenvalue weighted by Crippen LogP contribution is 2.24. The van der Waals surface area contributed by atoms with Crippen LogP contribution in [0.25, 0.3) is 0 Å². The van der Waals surface area contributed by atoms with Gasteiger partial charge in [-0.05, 0) is 62.8 Å². The maximum Gasteiger partial charge on any atom is 0.271 e. The molecule has 192 valence electrons. The molecule has 0 saturated heterocycles. The molecule has 0 aliphatic heterocycles. The molecular formula is C28H50O4S. The summed E-state index contributed by atoms with van der Waals surface area (Å²) in [7, 11) is -4.12. The van der Waals surface area contributed by atoms with E-state index in [0.717, 1.165) is 18.6 Å². The zero-order valence-corrected chi connectivity index (χ0v) is 22.6. The number of hydrogen-bond donors (Lipinski definition) is 1. The molecule has 0 spiro atoms. The standard InChI is InChI=1S/C28H50O4S/c1-5-7-9-11-13-15-17-19-26-21-27(20-18-16-14-12-10-8-6-2)23-28(22-26)32-24(3)25(4)33(29,30)31/h21-25H,5-20H2,1-4H3,(H,29,30,31). The number of benzene rings is 1. The van der Waals surface area contributed by atoms with Crippen molar-refractivity contribution in [2.45, 2.75) is 142 Å². The monoisotopic (exact) mass is 482 g/mol. The van der Waals surface area contributed by atoms with Crippen molar-refractivity contribution < 1.29 is 17.7 Å². The second kappa shape index (κ2) is 17.4. The van der Waals surface area contributed by atoms with Gasteiger partial charge in [0.2, 0.25) is 0 Å². The van der Waals surface area contributed by atoms with Gasteiger partial charge in [0.25, 0.3) is 10.1 Å². The van der Waals surface area contributed by atoms with Crippen molar-refractivity contribution >= 4 is 10.1 Å². The van der Waals surface area contributed by atoms with Gasteiger partial charge >= 0.3 is 0 Å². The number of ether oxygens (including phenoxy) is 1. The normalized spacial score (nSPS) is 13.7. The first kappa shape index (κ1) is 30.0. The second-order valence-electron chi connectivity index (χ2n) is 9.77. The fourth-order valence-corrected chi connectivity index (χ4v) is 4.75. The van der Waals surface area contributed by atoms with Crippen LogP contribution in [0, 0.1) is 0 Å². The number of hydrogen-bond acceptors (Lipinski definition) is 3. The molecule has 0 aromatic heterocycles. The summed E-state index contributed by atoms with van der Waals surface area (Å²) in [6, 6.07) is 6.41. The molecule has 2 atom stereocenters. The van der Waals surface area contributed by atoms with Crippen LogP contribution in [0.4, 0.5) is 0 Å². The van der Waals surface area contributed by atoms with Crippen LogP contribution in [0.2, 0.25) is 0 Å². The van der Waals surface area contributed by atoms with Gasteiger partial charge in [0.1, 0.15) is 17.1 Å². The summed E-state index contributed by atoms with van der Waals surface area (Å²) in [5, 5.41) is -0.962.